The second kappa shape index (κ2) is 9.94. The van der Waals surface area contributed by atoms with Crippen molar-refractivity contribution < 1.29 is 19.0 Å². The smallest absolute Gasteiger partial charge is 0.189 e. The third-order valence-corrected chi connectivity index (χ3v) is 4.79. The summed E-state index contributed by atoms with van der Waals surface area (Å²) in [6.45, 7) is 0.349. The Balaban J connectivity index is 1.77. The van der Waals surface area contributed by atoms with Crippen LogP contribution in [0.2, 0.25) is 0 Å². The van der Waals surface area contributed by atoms with Gasteiger partial charge in [-0.3, -0.25) is 4.79 Å². The zero-order valence-electron chi connectivity index (χ0n) is 16.2. The number of ketones is 1. The number of allylic oxidation sites excluding steroid dienone is 1. The minimum absolute atomic E-state index is 0.120. The molecular formula is C24H21BrO4. The first-order valence-corrected chi connectivity index (χ1v) is 9.80. The highest BCUT2D eigenvalue weighted by molar-refractivity contribution is 9.10. The molecule has 0 aliphatic carbocycles. The van der Waals surface area contributed by atoms with Crippen molar-refractivity contribution in [2.24, 2.45) is 0 Å². The maximum Gasteiger partial charge on any atom is 0.189 e. The van der Waals surface area contributed by atoms with E-state index in [2.05, 4.69) is 15.9 Å². The molecule has 5 heteroatoms. The van der Waals surface area contributed by atoms with E-state index in [1.807, 2.05) is 54.6 Å². The van der Waals surface area contributed by atoms with E-state index in [0.717, 1.165) is 27.1 Å². The van der Waals surface area contributed by atoms with Crippen LogP contribution < -0.4 is 14.2 Å². The molecule has 3 rings (SSSR count). The molecule has 29 heavy (non-hydrogen) atoms. The van der Waals surface area contributed by atoms with Crippen LogP contribution in [0.4, 0.5) is 0 Å². The van der Waals surface area contributed by atoms with E-state index in [1.165, 1.54) is 0 Å². The number of halogens is 1. The molecule has 0 fully saturated rings. The highest BCUT2D eigenvalue weighted by Crippen LogP contribution is 2.25. The second-order valence-electron chi connectivity index (χ2n) is 6.22. The first-order chi connectivity index (χ1) is 14.1. The summed E-state index contributed by atoms with van der Waals surface area (Å²) in [4.78, 5) is 12.5. The number of carbonyl (C=O) groups excluding carboxylic acids is 1. The van der Waals surface area contributed by atoms with Gasteiger partial charge in [-0.15, -0.1) is 0 Å². The summed E-state index contributed by atoms with van der Waals surface area (Å²) in [5.41, 5.74) is 2.29. The molecule has 0 saturated heterocycles. The number of rotatable bonds is 8. The fourth-order valence-electron chi connectivity index (χ4n) is 2.84. The van der Waals surface area contributed by atoms with Crippen molar-refractivity contribution >= 4 is 27.8 Å². The van der Waals surface area contributed by atoms with Crippen molar-refractivity contribution in [3.05, 3.63) is 94.0 Å². The van der Waals surface area contributed by atoms with Crippen molar-refractivity contribution in [3.8, 4) is 17.2 Å². The minimum atomic E-state index is -0.120. The number of methoxy groups -OCH3 is 2. The van der Waals surface area contributed by atoms with Crippen molar-refractivity contribution in [1.82, 2.24) is 0 Å². The first kappa shape index (κ1) is 20.7. The lowest BCUT2D eigenvalue weighted by molar-refractivity contribution is 0.104. The predicted molar refractivity (Wildman–Crippen MR) is 118 cm³/mol. The highest BCUT2D eigenvalue weighted by atomic mass is 79.9. The van der Waals surface area contributed by atoms with Crippen molar-refractivity contribution in [2.45, 2.75) is 6.61 Å². The van der Waals surface area contributed by atoms with E-state index >= 15 is 0 Å². The molecule has 0 atom stereocenters. The van der Waals surface area contributed by atoms with Crippen LogP contribution in [0.3, 0.4) is 0 Å². The minimum Gasteiger partial charge on any atom is -0.496 e. The fraction of sp³-hybridized carbons (Fsp3) is 0.125. The summed E-state index contributed by atoms with van der Waals surface area (Å²) in [5.74, 6) is 1.92. The van der Waals surface area contributed by atoms with Gasteiger partial charge in [0.05, 0.1) is 19.8 Å². The summed E-state index contributed by atoms with van der Waals surface area (Å²) >= 11 is 3.44. The van der Waals surface area contributed by atoms with Crippen LogP contribution in [0.5, 0.6) is 17.2 Å². The number of ether oxygens (including phenoxy) is 3. The van der Waals surface area contributed by atoms with E-state index in [1.54, 1.807) is 38.5 Å². The monoisotopic (exact) mass is 452 g/mol. The molecule has 0 N–H and O–H groups in total. The summed E-state index contributed by atoms with van der Waals surface area (Å²) in [7, 11) is 3.18. The molecule has 0 aliphatic rings. The molecule has 0 bridgehead atoms. The van der Waals surface area contributed by atoms with E-state index < -0.39 is 0 Å². The average molecular weight is 453 g/mol. The lowest BCUT2D eigenvalue weighted by Crippen LogP contribution is -2.00. The number of para-hydroxylation sites is 1. The molecule has 4 nitrogen and oxygen atoms in total. The molecule has 3 aromatic carbocycles. The summed E-state index contributed by atoms with van der Waals surface area (Å²) in [6, 6.07) is 20.5. The zero-order chi connectivity index (χ0) is 20.6. The van der Waals surface area contributed by atoms with Crippen LogP contribution >= 0.6 is 15.9 Å². The van der Waals surface area contributed by atoms with Gasteiger partial charge in [0.1, 0.15) is 23.9 Å². The molecule has 3 aromatic rings. The standard InChI is InChI=1S/C24H21BrO4/c1-27-23-13-11-17(10-12-22(26)21-8-3-4-9-24(21)28-2)14-18(23)16-29-20-7-5-6-19(25)15-20/h3-15H,16H2,1-2H3/b12-10+. The SMILES string of the molecule is COc1ccc(/C=C/C(=O)c2ccccc2OC)cc1COc1cccc(Br)c1. The Hall–Kier alpha value is -3.05. The van der Waals surface area contributed by atoms with E-state index in [0.29, 0.717) is 17.9 Å². The Bertz CT molecular complexity index is 1030. The Morgan fingerprint density at radius 3 is 2.48 bits per heavy atom. The average Bonchev–Trinajstić information content (AvgIpc) is 2.76. The van der Waals surface area contributed by atoms with Crippen LogP contribution in [-0.4, -0.2) is 20.0 Å². The van der Waals surface area contributed by atoms with Gasteiger partial charge >= 0.3 is 0 Å². The first-order valence-electron chi connectivity index (χ1n) is 9.01. The topological polar surface area (TPSA) is 44.8 Å². The Labute approximate surface area is 178 Å². The largest absolute Gasteiger partial charge is 0.496 e. The molecule has 148 valence electrons. The van der Waals surface area contributed by atoms with Gasteiger partial charge < -0.3 is 14.2 Å². The molecular weight excluding hydrogens is 432 g/mol. The van der Waals surface area contributed by atoms with E-state index in [4.69, 9.17) is 14.2 Å². The highest BCUT2D eigenvalue weighted by Gasteiger charge is 2.09. The van der Waals surface area contributed by atoms with E-state index in [-0.39, 0.29) is 5.78 Å². The molecule has 0 aromatic heterocycles. The number of benzene rings is 3. The Morgan fingerprint density at radius 1 is 0.931 bits per heavy atom. The van der Waals surface area contributed by atoms with Crippen LogP contribution in [0, 0.1) is 0 Å². The molecule has 0 spiro atoms. The lowest BCUT2D eigenvalue weighted by Gasteiger charge is -2.11. The Kier molecular flexibility index (Phi) is 7.09. The maximum atomic E-state index is 12.5. The van der Waals surface area contributed by atoms with Gasteiger partial charge in [0.2, 0.25) is 0 Å². The van der Waals surface area contributed by atoms with E-state index in [9.17, 15) is 4.79 Å². The molecule has 0 heterocycles. The molecule has 0 saturated carbocycles. The third-order valence-electron chi connectivity index (χ3n) is 4.29. The van der Waals surface area contributed by atoms with Gasteiger partial charge in [0.15, 0.2) is 5.78 Å². The van der Waals surface area contributed by atoms with Crippen LogP contribution in [0.15, 0.2) is 77.3 Å². The normalized spacial score (nSPS) is 10.7. The van der Waals surface area contributed by atoms with Crippen molar-refractivity contribution in [1.29, 1.82) is 0 Å². The number of carbonyl (C=O) groups is 1. The fourth-order valence-corrected chi connectivity index (χ4v) is 3.22. The summed E-state index contributed by atoms with van der Waals surface area (Å²) < 4.78 is 17.5. The van der Waals surface area contributed by atoms with Gasteiger partial charge in [0, 0.05) is 10.0 Å². The van der Waals surface area contributed by atoms with Crippen LogP contribution in [-0.2, 0) is 6.61 Å². The van der Waals surface area contributed by atoms with Gasteiger partial charge in [0.25, 0.3) is 0 Å². The Morgan fingerprint density at radius 2 is 1.72 bits per heavy atom. The number of hydrogen-bond acceptors (Lipinski definition) is 4. The maximum absolute atomic E-state index is 12.5. The van der Waals surface area contributed by atoms with Gasteiger partial charge in [-0.05, 0) is 54.1 Å². The van der Waals surface area contributed by atoms with Crippen molar-refractivity contribution in [3.63, 3.8) is 0 Å². The van der Waals surface area contributed by atoms with Crippen LogP contribution in [0.25, 0.3) is 6.08 Å². The molecule has 0 aliphatic heterocycles. The molecule has 0 unspecified atom stereocenters. The summed E-state index contributed by atoms with van der Waals surface area (Å²) in [5, 5.41) is 0. The molecule has 0 amide bonds. The lowest BCUT2D eigenvalue weighted by atomic mass is 10.1. The zero-order valence-corrected chi connectivity index (χ0v) is 17.8. The number of hydrogen-bond donors (Lipinski definition) is 0. The quantitative estimate of drug-likeness (QED) is 0.313. The molecule has 0 radical (unpaired) electrons. The third kappa shape index (κ3) is 5.48. The predicted octanol–water partition coefficient (Wildman–Crippen LogP) is 5.94. The van der Waals surface area contributed by atoms with Crippen molar-refractivity contribution in [2.75, 3.05) is 14.2 Å². The van der Waals surface area contributed by atoms with Gasteiger partial charge in [-0.25, -0.2) is 0 Å². The van der Waals surface area contributed by atoms with Crippen LogP contribution in [0.1, 0.15) is 21.5 Å². The van der Waals surface area contributed by atoms with Gasteiger partial charge in [-0.2, -0.15) is 0 Å². The summed E-state index contributed by atoms with van der Waals surface area (Å²) in [6.07, 6.45) is 3.31. The second-order valence-corrected chi connectivity index (χ2v) is 7.13. The van der Waals surface area contributed by atoms with Gasteiger partial charge in [-0.1, -0.05) is 46.3 Å².